The molecule has 2 amide bonds. The van der Waals surface area contributed by atoms with Crippen molar-refractivity contribution >= 4 is 17.5 Å². The lowest BCUT2D eigenvalue weighted by molar-refractivity contribution is -0.136. The minimum atomic E-state index is -0.827. The van der Waals surface area contributed by atoms with Gasteiger partial charge in [-0.3, -0.25) is 14.5 Å². The van der Waals surface area contributed by atoms with Gasteiger partial charge in [-0.05, 0) is 29.8 Å². The number of amides is 2. The summed E-state index contributed by atoms with van der Waals surface area (Å²) in [6.45, 7) is 2.67. The molecule has 0 radical (unpaired) electrons. The molecule has 2 aromatic carbocycles. The normalized spacial score (nSPS) is 15.1. The molecule has 9 heteroatoms. The number of hydrogen-bond donors (Lipinski definition) is 2. The van der Waals surface area contributed by atoms with Crippen LogP contribution in [0.25, 0.3) is 0 Å². The summed E-state index contributed by atoms with van der Waals surface area (Å²) in [7, 11) is 2.97. The molecule has 0 unspecified atom stereocenters. The van der Waals surface area contributed by atoms with Gasteiger partial charge in [0.25, 0.3) is 0 Å². The fourth-order valence-electron chi connectivity index (χ4n) is 3.39. The fourth-order valence-corrected chi connectivity index (χ4v) is 3.39. The Morgan fingerprint density at radius 3 is 2.42 bits per heavy atom. The van der Waals surface area contributed by atoms with Crippen LogP contribution in [0.4, 0.5) is 10.1 Å². The van der Waals surface area contributed by atoms with Gasteiger partial charge < -0.3 is 24.8 Å². The quantitative estimate of drug-likeness (QED) is 0.652. The smallest absolute Gasteiger partial charge is 0.313 e. The summed E-state index contributed by atoms with van der Waals surface area (Å²) in [5.41, 5.74) is 1.17. The second kappa shape index (κ2) is 10.7. The van der Waals surface area contributed by atoms with Gasteiger partial charge in [-0.15, -0.1) is 0 Å². The lowest BCUT2D eigenvalue weighted by Crippen LogP contribution is -2.45. The van der Waals surface area contributed by atoms with Gasteiger partial charge in [0, 0.05) is 25.7 Å². The third kappa shape index (κ3) is 5.93. The number of methoxy groups -OCH3 is 2. The van der Waals surface area contributed by atoms with Gasteiger partial charge in [-0.2, -0.15) is 0 Å². The number of hydrogen-bond acceptors (Lipinski definition) is 6. The Morgan fingerprint density at radius 1 is 1.06 bits per heavy atom. The van der Waals surface area contributed by atoms with E-state index in [1.165, 1.54) is 26.4 Å². The molecule has 1 atom stereocenters. The highest BCUT2D eigenvalue weighted by Crippen LogP contribution is 2.29. The SMILES string of the molecule is COc1ccc(OC)c(NC(=O)C(=O)NC[C@H](c2ccc(F)cc2)N2CCOCC2)c1. The molecular weight excluding hydrogens is 405 g/mol. The second-order valence-electron chi connectivity index (χ2n) is 6.95. The number of anilines is 1. The van der Waals surface area contributed by atoms with Crippen LogP contribution in [0.5, 0.6) is 11.5 Å². The summed E-state index contributed by atoms with van der Waals surface area (Å²) in [5, 5.41) is 5.23. The number of morpholine rings is 1. The highest BCUT2D eigenvalue weighted by atomic mass is 19.1. The molecule has 0 aromatic heterocycles. The van der Waals surface area contributed by atoms with Crippen molar-refractivity contribution in [2.75, 3.05) is 52.4 Å². The van der Waals surface area contributed by atoms with Crippen molar-refractivity contribution in [2.45, 2.75) is 6.04 Å². The maximum atomic E-state index is 13.4. The number of carbonyl (C=O) groups is 2. The number of carbonyl (C=O) groups excluding carboxylic acids is 2. The zero-order valence-electron chi connectivity index (χ0n) is 17.5. The lowest BCUT2D eigenvalue weighted by atomic mass is 10.0. The summed E-state index contributed by atoms with van der Waals surface area (Å²) in [6, 6.07) is 10.8. The van der Waals surface area contributed by atoms with E-state index in [2.05, 4.69) is 15.5 Å². The molecule has 1 aliphatic rings. The van der Waals surface area contributed by atoms with E-state index in [1.807, 2.05) is 0 Å². The molecule has 2 aromatic rings. The predicted molar refractivity (Wildman–Crippen MR) is 113 cm³/mol. The summed E-state index contributed by atoms with van der Waals surface area (Å²) in [4.78, 5) is 27.1. The Hall–Kier alpha value is -3.17. The van der Waals surface area contributed by atoms with Crippen LogP contribution < -0.4 is 20.1 Å². The topological polar surface area (TPSA) is 89.1 Å². The van der Waals surface area contributed by atoms with Crippen LogP contribution in [-0.4, -0.2) is 63.8 Å². The van der Waals surface area contributed by atoms with E-state index in [1.54, 1.807) is 30.3 Å². The number of ether oxygens (including phenoxy) is 3. The third-order valence-corrected chi connectivity index (χ3v) is 5.06. The molecule has 1 aliphatic heterocycles. The van der Waals surface area contributed by atoms with E-state index < -0.39 is 11.8 Å². The first kappa shape index (κ1) is 22.5. The molecular formula is C22H26FN3O5. The molecule has 2 N–H and O–H groups in total. The molecule has 1 fully saturated rings. The highest BCUT2D eigenvalue weighted by Gasteiger charge is 2.25. The van der Waals surface area contributed by atoms with Gasteiger partial charge in [0.05, 0.1) is 39.2 Å². The number of benzene rings is 2. The predicted octanol–water partition coefficient (Wildman–Crippen LogP) is 1.97. The van der Waals surface area contributed by atoms with Crippen molar-refractivity contribution in [2.24, 2.45) is 0 Å². The largest absolute Gasteiger partial charge is 0.497 e. The summed E-state index contributed by atoms with van der Waals surface area (Å²) >= 11 is 0. The third-order valence-electron chi connectivity index (χ3n) is 5.06. The van der Waals surface area contributed by atoms with Gasteiger partial charge in [0.15, 0.2) is 0 Å². The van der Waals surface area contributed by atoms with Crippen LogP contribution in [0.1, 0.15) is 11.6 Å². The number of nitrogens with zero attached hydrogens (tertiary/aromatic N) is 1. The van der Waals surface area contributed by atoms with Gasteiger partial charge in [-0.1, -0.05) is 12.1 Å². The lowest BCUT2D eigenvalue weighted by Gasteiger charge is -2.34. The van der Waals surface area contributed by atoms with Crippen LogP contribution in [0, 0.1) is 5.82 Å². The first-order valence-electron chi connectivity index (χ1n) is 9.90. The molecule has 31 heavy (non-hydrogen) atoms. The number of halogens is 1. The molecule has 0 saturated carbocycles. The fraction of sp³-hybridized carbons (Fsp3) is 0.364. The Labute approximate surface area is 180 Å². The average molecular weight is 431 g/mol. The van der Waals surface area contributed by atoms with Crippen LogP contribution in [0.2, 0.25) is 0 Å². The molecule has 166 valence electrons. The maximum Gasteiger partial charge on any atom is 0.313 e. The van der Waals surface area contributed by atoms with Crippen molar-refractivity contribution in [1.29, 1.82) is 0 Å². The van der Waals surface area contributed by atoms with E-state index in [-0.39, 0.29) is 18.4 Å². The minimum Gasteiger partial charge on any atom is -0.497 e. The van der Waals surface area contributed by atoms with Gasteiger partial charge in [-0.25, -0.2) is 4.39 Å². The van der Waals surface area contributed by atoms with E-state index in [9.17, 15) is 14.0 Å². The van der Waals surface area contributed by atoms with Gasteiger partial charge in [0.1, 0.15) is 17.3 Å². The molecule has 1 heterocycles. The van der Waals surface area contributed by atoms with E-state index in [0.29, 0.717) is 43.5 Å². The maximum absolute atomic E-state index is 13.4. The Bertz CT molecular complexity index is 901. The van der Waals surface area contributed by atoms with E-state index in [4.69, 9.17) is 14.2 Å². The first-order valence-corrected chi connectivity index (χ1v) is 9.90. The van der Waals surface area contributed by atoms with E-state index in [0.717, 1.165) is 5.56 Å². The summed E-state index contributed by atoms with van der Waals surface area (Å²) in [5.74, 6) is -1.03. The van der Waals surface area contributed by atoms with Crippen molar-refractivity contribution < 1.29 is 28.2 Å². The number of nitrogens with one attached hydrogen (secondary N) is 2. The zero-order chi connectivity index (χ0) is 22.2. The Balaban J connectivity index is 1.67. The molecule has 0 spiro atoms. The summed E-state index contributed by atoms with van der Waals surface area (Å²) in [6.07, 6.45) is 0. The van der Waals surface area contributed by atoms with Crippen molar-refractivity contribution in [3.8, 4) is 11.5 Å². The minimum absolute atomic E-state index is 0.188. The average Bonchev–Trinajstić information content (AvgIpc) is 2.80. The van der Waals surface area contributed by atoms with Gasteiger partial charge in [0.2, 0.25) is 0 Å². The van der Waals surface area contributed by atoms with Crippen LogP contribution in [0.3, 0.4) is 0 Å². The van der Waals surface area contributed by atoms with Crippen molar-refractivity contribution in [3.05, 3.63) is 53.8 Å². The molecule has 0 bridgehead atoms. The number of rotatable bonds is 7. The zero-order valence-corrected chi connectivity index (χ0v) is 17.5. The standard InChI is InChI=1S/C22H26FN3O5/c1-29-17-7-8-20(30-2)18(13-17)25-22(28)21(27)24-14-19(26-9-11-31-12-10-26)15-3-5-16(23)6-4-15/h3-8,13,19H,9-12,14H2,1-2H3,(H,24,27)(H,25,28)/t19-/m1/s1. The Morgan fingerprint density at radius 2 is 1.77 bits per heavy atom. The van der Waals surface area contributed by atoms with Gasteiger partial charge >= 0.3 is 11.8 Å². The van der Waals surface area contributed by atoms with Crippen molar-refractivity contribution in [3.63, 3.8) is 0 Å². The first-order chi connectivity index (χ1) is 15.0. The molecule has 8 nitrogen and oxygen atoms in total. The molecule has 1 saturated heterocycles. The van der Waals surface area contributed by atoms with E-state index >= 15 is 0 Å². The highest BCUT2D eigenvalue weighted by molar-refractivity contribution is 6.39. The second-order valence-corrected chi connectivity index (χ2v) is 6.95. The van der Waals surface area contributed by atoms with Crippen LogP contribution in [-0.2, 0) is 14.3 Å². The van der Waals surface area contributed by atoms with Crippen LogP contribution in [0.15, 0.2) is 42.5 Å². The van der Waals surface area contributed by atoms with Crippen LogP contribution >= 0.6 is 0 Å². The van der Waals surface area contributed by atoms with Crippen molar-refractivity contribution in [1.82, 2.24) is 10.2 Å². The molecule has 0 aliphatic carbocycles. The monoisotopic (exact) mass is 431 g/mol. The summed E-state index contributed by atoms with van der Waals surface area (Å²) < 4.78 is 29.1. The molecule has 3 rings (SSSR count). The Kier molecular flexibility index (Phi) is 7.80.